The van der Waals surface area contributed by atoms with Crippen molar-refractivity contribution in [3.05, 3.63) is 0 Å². The highest BCUT2D eigenvalue weighted by Crippen LogP contribution is 2.38. The highest BCUT2D eigenvalue weighted by atomic mass is 32.2. The smallest absolute Gasteiger partial charge is 0.307 e. The lowest BCUT2D eigenvalue weighted by Crippen LogP contribution is -2.47. The number of carbonyl (C=O) groups excluding carboxylic acids is 1. The summed E-state index contributed by atoms with van der Waals surface area (Å²) in [7, 11) is 0. The number of carbonyl (C=O) groups is 1. The molecule has 1 fully saturated rings. The van der Waals surface area contributed by atoms with E-state index in [2.05, 4.69) is 0 Å². The molecule has 1 aliphatic heterocycles. The Morgan fingerprint density at radius 1 is 1.64 bits per heavy atom. The van der Waals surface area contributed by atoms with Gasteiger partial charge in [-0.2, -0.15) is 11.8 Å². The highest BCUT2D eigenvalue weighted by molar-refractivity contribution is 8.07. The summed E-state index contributed by atoms with van der Waals surface area (Å²) in [5, 5.41) is 0.181. The molecule has 0 aliphatic carbocycles. The Labute approximate surface area is 93.5 Å². The van der Waals surface area contributed by atoms with Crippen molar-refractivity contribution in [1.82, 2.24) is 0 Å². The summed E-state index contributed by atoms with van der Waals surface area (Å²) in [6, 6.07) is 0. The summed E-state index contributed by atoms with van der Waals surface area (Å²) in [6.45, 7) is 4.26. The van der Waals surface area contributed by atoms with E-state index in [1.165, 1.54) is 0 Å². The first-order valence-electron chi connectivity index (χ1n) is 4.76. The van der Waals surface area contributed by atoms with Gasteiger partial charge in [-0.05, 0) is 13.8 Å². The molecule has 0 aromatic heterocycles. The molecule has 1 heterocycles. The standard InChI is InChI=1S/C9H17NO2S2/c1-3-12-8(11)6-7-9(2,10)14-5-4-13-7/h7H,3-6,10H2,1-2H3/t7-,9-/m0/s1. The number of nitrogens with two attached hydrogens (primary N) is 1. The van der Waals surface area contributed by atoms with Gasteiger partial charge in [-0.1, -0.05) is 0 Å². The van der Waals surface area contributed by atoms with Crippen molar-refractivity contribution < 1.29 is 9.53 Å². The topological polar surface area (TPSA) is 52.3 Å². The summed E-state index contributed by atoms with van der Waals surface area (Å²) < 4.78 is 4.92. The third-order valence-corrected chi connectivity index (χ3v) is 5.33. The average Bonchev–Trinajstić information content (AvgIpc) is 2.09. The Hall–Kier alpha value is 0.130. The van der Waals surface area contributed by atoms with Crippen LogP contribution >= 0.6 is 23.5 Å². The maximum absolute atomic E-state index is 11.3. The Kier molecular flexibility index (Phi) is 4.60. The van der Waals surface area contributed by atoms with E-state index in [-0.39, 0.29) is 16.1 Å². The lowest BCUT2D eigenvalue weighted by Gasteiger charge is -2.36. The van der Waals surface area contributed by atoms with Gasteiger partial charge in [0.2, 0.25) is 0 Å². The van der Waals surface area contributed by atoms with Gasteiger partial charge in [-0.15, -0.1) is 11.8 Å². The van der Waals surface area contributed by atoms with Crippen LogP contribution < -0.4 is 5.73 Å². The van der Waals surface area contributed by atoms with Crippen LogP contribution in [0.3, 0.4) is 0 Å². The average molecular weight is 235 g/mol. The Morgan fingerprint density at radius 3 is 2.93 bits per heavy atom. The quantitative estimate of drug-likeness (QED) is 0.751. The van der Waals surface area contributed by atoms with Crippen LogP contribution in [0.25, 0.3) is 0 Å². The van der Waals surface area contributed by atoms with Crippen LogP contribution in [-0.2, 0) is 9.53 Å². The molecule has 0 bridgehead atoms. The molecule has 0 unspecified atom stereocenters. The van der Waals surface area contributed by atoms with E-state index < -0.39 is 0 Å². The van der Waals surface area contributed by atoms with Gasteiger partial charge >= 0.3 is 5.97 Å². The minimum absolute atomic E-state index is 0.135. The Balaban J connectivity index is 2.45. The first kappa shape index (κ1) is 12.2. The second-order valence-corrected chi connectivity index (χ2v) is 6.29. The zero-order valence-electron chi connectivity index (χ0n) is 8.62. The summed E-state index contributed by atoms with van der Waals surface area (Å²) in [5.74, 6) is 2.00. The second kappa shape index (κ2) is 5.28. The predicted molar refractivity (Wildman–Crippen MR) is 62.5 cm³/mol. The van der Waals surface area contributed by atoms with Gasteiger partial charge in [0.15, 0.2) is 0 Å². The van der Waals surface area contributed by atoms with E-state index in [1.807, 2.05) is 13.8 Å². The van der Waals surface area contributed by atoms with Gasteiger partial charge in [0.25, 0.3) is 0 Å². The maximum atomic E-state index is 11.3. The molecule has 5 heteroatoms. The summed E-state index contributed by atoms with van der Waals surface area (Å²) >= 11 is 3.52. The maximum Gasteiger partial charge on any atom is 0.307 e. The number of rotatable bonds is 3. The van der Waals surface area contributed by atoms with Crippen molar-refractivity contribution in [3.8, 4) is 0 Å². The van der Waals surface area contributed by atoms with Crippen LogP contribution in [0.1, 0.15) is 20.3 Å². The van der Waals surface area contributed by atoms with E-state index >= 15 is 0 Å². The number of esters is 1. The molecule has 0 saturated carbocycles. The van der Waals surface area contributed by atoms with E-state index in [0.29, 0.717) is 13.0 Å². The zero-order chi connectivity index (χ0) is 10.6. The fourth-order valence-corrected chi connectivity index (χ4v) is 4.05. The van der Waals surface area contributed by atoms with Gasteiger partial charge in [0.1, 0.15) is 0 Å². The van der Waals surface area contributed by atoms with Crippen LogP contribution in [0.2, 0.25) is 0 Å². The zero-order valence-corrected chi connectivity index (χ0v) is 10.2. The molecular weight excluding hydrogens is 218 g/mol. The van der Waals surface area contributed by atoms with Crippen molar-refractivity contribution in [2.24, 2.45) is 5.73 Å². The molecule has 82 valence electrons. The minimum atomic E-state index is -0.296. The number of hydrogen-bond acceptors (Lipinski definition) is 5. The van der Waals surface area contributed by atoms with Crippen molar-refractivity contribution in [2.75, 3.05) is 18.1 Å². The van der Waals surface area contributed by atoms with Crippen molar-refractivity contribution in [1.29, 1.82) is 0 Å². The van der Waals surface area contributed by atoms with Crippen LogP contribution in [0.4, 0.5) is 0 Å². The Morgan fingerprint density at radius 2 is 2.36 bits per heavy atom. The molecule has 1 rings (SSSR count). The van der Waals surface area contributed by atoms with E-state index in [4.69, 9.17) is 10.5 Å². The van der Waals surface area contributed by atoms with Crippen molar-refractivity contribution in [2.45, 2.75) is 30.4 Å². The van der Waals surface area contributed by atoms with Gasteiger partial charge in [-0.3, -0.25) is 4.79 Å². The molecule has 3 nitrogen and oxygen atoms in total. The second-order valence-electron chi connectivity index (χ2n) is 3.40. The molecule has 14 heavy (non-hydrogen) atoms. The van der Waals surface area contributed by atoms with Crippen LogP contribution in [0.5, 0.6) is 0 Å². The van der Waals surface area contributed by atoms with E-state index in [9.17, 15) is 4.79 Å². The first-order chi connectivity index (χ1) is 6.56. The molecule has 2 atom stereocenters. The van der Waals surface area contributed by atoms with Gasteiger partial charge < -0.3 is 10.5 Å². The minimum Gasteiger partial charge on any atom is -0.466 e. The number of hydrogen-bond donors (Lipinski definition) is 1. The van der Waals surface area contributed by atoms with E-state index in [1.54, 1.807) is 23.5 Å². The molecule has 1 aliphatic rings. The molecule has 0 aromatic carbocycles. The normalized spacial score (nSPS) is 32.6. The van der Waals surface area contributed by atoms with Gasteiger partial charge in [0, 0.05) is 16.8 Å². The van der Waals surface area contributed by atoms with Gasteiger partial charge in [-0.25, -0.2) is 0 Å². The summed E-state index contributed by atoms with van der Waals surface area (Å²) in [5.41, 5.74) is 6.10. The monoisotopic (exact) mass is 235 g/mol. The van der Waals surface area contributed by atoms with Crippen molar-refractivity contribution in [3.63, 3.8) is 0 Å². The molecule has 0 aromatic rings. The first-order valence-corrected chi connectivity index (χ1v) is 6.79. The van der Waals surface area contributed by atoms with Crippen LogP contribution in [0, 0.1) is 0 Å². The third kappa shape index (κ3) is 3.37. The molecule has 1 saturated heterocycles. The van der Waals surface area contributed by atoms with E-state index in [0.717, 1.165) is 11.5 Å². The SMILES string of the molecule is CCOC(=O)C[C@@H]1SCCS[C@]1(C)N. The molecule has 0 spiro atoms. The summed E-state index contributed by atoms with van der Waals surface area (Å²) in [4.78, 5) is 11.0. The number of thioether (sulfide) groups is 2. The third-order valence-electron chi connectivity index (χ3n) is 2.11. The van der Waals surface area contributed by atoms with Crippen LogP contribution in [0.15, 0.2) is 0 Å². The fraction of sp³-hybridized carbons (Fsp3) is 0.889. The predicted octanol–water partition coefficient (Wildman–Crippen LogP) is 1.46. The highest BCUT2D eigenvalue weighted by Gasteiger charge is 2.35. The van der Waals surface area contributed by atoms with Gasteiger partial charge in [0.05, 0.1) is 17.9 Å². The van der Waals surface area contributed by atoms with Crippen LogP contribution in [-0.4, -0.2) is 34.2 Å². The fourth-order valence-electron chi connectivity index (χ4n) is 1.34. The molecule has 0 radical (unpaired) electrons. The lowest BCUT2D eigenvalue weighted by molar-refractivity contribution is -0.143. The molecular formula is C9H17NO2S2. The molecule has 0 amide bonds. The lowest BCUT2D eigenvalue weighted by atomic mass is 10.2. The summed E-state index contributed by atoms with van der Waals surface area (Å²) in [6.07, 6.45) is 0.429. The van der Waals surface area contributed by atoms with Crippen molar-refractivity contribution >= 4 is 29.5 Å². The number of ether oxygens (including phenoxy) is 1. The largest absolute Gasteiger partial charge is 0.466 e. The Bertz CT molecular complexity index is 209. The molecule has 2 N–H and O–H groups in total.